The topological polar surface area (TPSA) is 75.2 Å². The third-order valence-electron chi connectivity index (χ3n) is 1.94. The van der Waals surface area contributed by atoms with E-state index in [-0.39, 0.29) is 5.69 Å². The Labute approximate surface area is 79.3 Å². The van der Waals surface area contributed by atoms with Crippen molar-refractivity contribution in [1.82, 2.24) is 9.97 Å². The van der Waals surface area contributed by atoms with Crippen LogP contribution < -0.4 is 4.74 Å². The van der Waals surface area contributed by atoms with E-state index in [9.17, 15) is 4.79 Å². The molecule has 2 aromatic heterocycles. The maximum absolute atomic E-state index is 10.8. The highest BCUT2D eigenvalue weighted by atomic mass is 16.5. The third-order valence-corrected chi connectivity index (χ3v) is 1.94. The van der Waals surface area contributed by atoms with Gasteiger partial charge < -0.3 is 14.8 Å². The molecule has 2 N–H and O–H groups in total. The number of ether oxygens (including phenoxy) is 1. The maximum atomic E-state index is 10.8. The van der Waals surface area contributed by atoms with Crippen LogP contribution in [0.5, 0.6) is 5.75 Å². The van der Waals surface area contributed by atoms with Gasteiger partial charge in [0.1, 0.15) is 5.65 Å². The minimum absolute atomic E-state index is 0.0289. The van der Waals surface area contributed by atoms with E-state index in [1.165, 1.54) is 7.11 Å². The molecule has 0 atom stereocenters. The van der Waals surface area contributed by atoms with Gasteiger partial charge in [-0.2, -0.15) is 0 Å². The fraction of sp³-hybridized carbons (Fsp3) is 0.111. The molecule has 0 saturated heterocycles. The number of carboxylic acids is 1. The normalized spacial score (nSPS) is 10.4. The van der Waals surface area contributed by atoms with Gasteiger partial charge in [0.25, 0.3) is 0 Å². The molecule has 14 heavy (non-hydrogen) atoms. The van der Waals surface area contributed by atoms with Gasteiger partial charge in [0, 0.05) is 6.20 Å². The first-order chi connectivity index (χ1) is 6.74. The zero-order valence-corrected chi connectivity index (χ0v) is 7.44. The van der Waals surface area contributed by atoms with Crippen molar-refractivity contribution < 1.29 is 14.6 Å². The van der Waals surface area contributed by atoms with Crippen molar-refractivity contribution in [2.45, 2.75) is 0 Å². The molecule has 5 heteroatoms. The van der Waals surface area contributed by atoms with E-state index in [1.54, 1.807) is 18.3 Å². The van der Waals surface area contributed by atoms with Crippen molar-refractivity contribution in [2.75, 3.05) is 7.11 Å². The maximum Gasteiger partial charge on any atom is 0.356 e. The predicted octanol–water partition coefficient (Wildman–Crippen LogP) is 1.27. The van der Waals surface area contributed by atoms with E-state index in [0.717, 1.165) is 0 Å². The summed E-state index contributed by atoms with van der Waals surface area (Å²) in [4.78, 5) is 17.5. The second kappa shape index (κ2) is 3.02. The molecule has 0 aliphatic heterocycles. The van der Waals surface area contributed by atoms with E-state index in [0.29, 0.717) is 16.8 Å². The van der Waals surface area contributed by atoms with Crippen molar-refractivity contribution in [3.8, 4) is 5.75 Å². The van der Waals surface area contributed by atoms with Crippen LogP contribution in [0.3, 0.4) is 0 Å². The molecule has 5 nitrogen and oxygen atoms in total. The first-order valence-electron chi connectivity index (χ1n) is 3.98. The Morgan fingerprint density at radius 3 is 3.07 bits per heavy atom. The zero-order valence-electron chi connectivity index (χ0n) is 7.44. The minimum atomic E-state index is -1.06. The number of fused-ring (bicyclic) bond motifs is 1. The molecule has 0 radical (unpaired) electrons. The van der Waals surface area contributed by atoms with Gasteiger partial charge in [-0.25, -0.2) is 9.78 Å². The molecule has 0 aliphatic rings. The van der Waals surface area contributed by atoms with E-state index < -0.39 is 5.97 Å². The van der Waals surface area contributed by atoms with Gasteiger partial charge in [-0.15, -0.1) is 0 Å². The number of nitrogens with one attached hydrogen (secondary N) is 1. The van der Waals surface area contributed by atoms with Gasteiger partial charge >= 0.3 is 5.97 Å². The lowest BCUT2D eigenvalue weighted by Crippen LogP contribution is -1.99. The molecule has 0 aliphatic carbocycles. The number of nitrogens with zero attached hydrogens (tertiary/aromatic N) is 1. The van der Waals surface area contributed by atoms with Gasteiger partial charge in [0.15, 0.2) is 11.4 Å². The van der Waals surface area contributed by atoms with Crippen molar-refractivity contribution in [3.63, 3.8) is 0 Å². The first kappa shape index (κ1) is 8.55. The lowest BCUT2D eigenvalue weighted by atomic mass is 10.3. The van der Waals surface area contributed by atoms with Crippen molar-refractivity contribution in [2.24, 2.45) is 0 Å². The number of carboxylic acid groups (broad SMARTS) is 1. The van der Waals surface area contributed by atoms with Crippen molar-refractivity contribution in [1.29, 1.82) is 0 Å². The molecule has 72 valence electrons. The van der Waals surface area contributed by atoms with Gasteiger partial charge in [-0.1, -0.05) is 0 Å². The summed E-state index contributed by atoms with van der Waals surface area (Å²) in [6.45, 7) is 0. The summed E-state index contributed by atoms with van der Waals surface area (Å²) in [6.07, 6.45) is 1.59. The van der Waals surface area contributed by atoms with Crippen LogP contribution in [0.25, 0.3) is 11.0 Å². The summed E-state index contributed by atoms with van der Waals surface area (Å²) in [6, 6.07) is 3.48. The Balaban J connectivity index is 2.78. The number of rotatable bonds is 2. The van der Waals surface area contributed by atoms with Crippen molar-refractivity contribution in [3.05, 3.63) is 24.0 Å². The van der Waals surface area contributed by atoms with Crippen LogP contribution in [-0.4, -0.2) is 28.2 Å². The van der Waals surface area contributed by atoms with Gasteiger partial charge in [-0.05, 0) is 12.1 Å². The molecule has 2 rings (SSSR count). The second-order valence-corrected chi connectivity index (χ2v) is 2.74. The number of hydrogen-bond donors (Lipinski definition) is 2. The molecule has 0 amide bonds. The Kier molecular flexibility index (Phi) is 1.85. The molecule has 0 spiro atoms. The SMILES string of the molecule is COc1c(C(=O)O)[nH]c2ncccc12. The number of aromatic nitrogens is 2. The Morgan fingerprint density at radius 2 is 2.43 bits per heavy atom. The summed E-state index contributed by atoms with van der Waals surface area (Å²) >= 11 is 0. The molecule has 2 aromatic rings. The average Bonchev–Trinajstić information content (AvgIpc) is 2.56. The fourth-order valence-corrected chi connectivity index (χ4v) is 1.36. The van der Waals surface area contributed by atoms with Gasteiger partial charge in [0.05, 0.1) is 12.5 Å². The first-order valence-corrected chi connectivity index (χ1v) is 3.98. The highest BCUT2D eigenvalue weighted by Gasteiger charge is 2.17. The quantitative estimate of drug-likeness (QED) is 0.751. The monoisotopic (exact) mass is 192 g/mol. The lowest BCUT2D eigenvalue weighted by Gasteiger charge is -1.97. The number of H-pyrrole nitrogens is 1. The molecule has 2 heterocycles. The highest BCUT2D eigenvalue weighted by Crippen LogP contribution is 2.28. The standard InChI is InChI=1S/C9H8N2O3/c1-14-7-5-3-2-4-10-8(5)11-6(7)9(12)13/h2-4H,1H3,(H,10,11)(H,12,13). The van der Waals surface area contributed by atoms with Gasteiger partial charge in [0.2, 0.25) is 0 Å². The Morgan fingerprint density at radius 1 is 1.64 bits per heavy atom. The number of hydrogen-bond acceptors (Lipinski definition) is 3. The van der Waals surface area contributed by atoms with Crippen LogP contribution in [0.15, 0.2) is 18.3 Å². The van der Waals surface area contributed by atoms with Crippen LogP contribution in [-0.2, 0) is 0 Å². The molecule has 0 aromatic carbocycles. The summed E-state index contributed by atoms with van der Waals surface area (Å²) in [7, 11) is 1.43. The minimum Gasteiger partial charge on any atom is -0.494 e. The van der Waals surface area contributed by atoms with Crippen LogP contribution in [0.2, 0.25) is 0 Å². The Hall–Kier alpha value is -2.04. The summed E-state index contributed by atoms with van der Waals surface area (Å²) in [5.74, 6) is -0.736. The summed E-state index contributed by atoms with van der Waals surface area (Å²) < 4.78 is 5.01. The average molecular weight is 192 g/mol. The lowest BCUT2D eigenvalue weighted by molar-refractivity contribution is 0.0688. The van der Waals surface area contributed by atoms with E-state index in [4.69, 9.17) is 9.84 Å². The number of aromatic amines is 1. The smallest absolute Gasteiger partial charge is 0.356 e. The second-order valence-electron chi connectivity index (χ2n) is 2.74. The third kappa shape index (κ3) is 1.10. The number of carbonyl (C=O) groups is 1. The van der Waals surface area contributed by atoms with Crippen molar-refractivity contribution >= 4 is 17.0 Å². The van der Waals surface area contributed by atoms with Gasteiger partial charge in [-0.3, -0.25) is 0 Å². The fourth-order valence-electron chi connectivity index (χ4n) is 1.36. The van der Waals surface area contributed by atoms with E-state index in [2.05, 4.69) is 9.97 Å². The number of pyridine rings is 1. The van der Waals surface area contributed by atoms with E-state index >= 15 is 0 Å². The molecule has 0 unspecified atom stereocenters. The molecule has 0 bridgehead atoms. The number of aromatic carboxylic acids is 1. The van der Waals surface area contributed by atoms with Crippen LogP contribution in [0, 0.1) is 0 Å². The predicted molar refractivity (Wildman–Crippen MR) is 49.6 cm³/mol. The largest absolute Gasteiger partial charge is 0.494 e. The molecular weight excluding hydrogens is 184 g/mol. The molecule has 0 fully saturated rings. The van der Waals surface area contributed by atoms with Crippen LogP contribution in [0.4, 0.5) is 0 Å². The van der Waals surface area contributed by atoms with Crippen LogP contribution in [0.1, 0.15) is 10.5 Å². The summed E-state index contributed by atoms with van der Waals surface area (Å²) in [5.41, 5.74) is 0.544. The molecule has 0 saturated carbocycles. The summed E-state index contributed by atoms with van der Waals surface area (Å²) in [5, 5.41) is 9.53. The molecular formula is C9H8N2O3. The van der Waals surface area contributed by atoms with Crippen LogP contribution >= 0.6 is 0 Å². The van der Waals surface area contributed by atoms with E-state index in [1.807, 2.05) is 0 Å². The zero-order chi connectivity index (χ0) is 10.1. The highest BCUT2D eigenvalue weighted by molar-refractivity contribution is 5.98. The Bertz CT molecular complexity index is 490. The number of methoxy groups -OCH3 is 1.